The standard InChI is InChI=1S/C23H30N8O.C23H29N7O.C21H24N8O2/c1-3-20(4-2)30-16-19(14-26-30)23-22-5-6-24-31(22)17-21(27-23)18-13-25-29(15-18)8-7-28-9-11-32-12-10-28;1-3-20(4-2)29-15-19(12-26-29)23-22-5-8-24-30(22)16-21(27-23)18-11-25-28(14-18)13-17-6-9-31-10-7-17;1-3-16(4-2)28-11-15(8-25-28)20-19-5-6-23-29(19)13-18(26-20)14-7-24-27(10-14)12-17-9-22-21(30)31-17/h5-6,13-17,20H,3-4,7-12H2,1-2H3;5,8,11-12,14-17,20H,3-4,6-7,9-10,13H2,1-2H3;5-8,10-11,13,16-17H,3-4,9,12H2,1-2H3,(H,22,30). The zero-order valence-corrected chi connectivity index (χ0v) is 54.4. The van der Waals surface area contributed by atoms with Crippen LogP contribution in [0.5, 0.6) is 0 Å². The highest BCUT2D eigenvalue weighted by atomic mass is 16.6. The smallest absolute Gasteiger partial charge is 0.407 e. The number of nitrogens with zero attached hydrogens (tertiary/aromatic N) is 22. The van der Waals surface area contributed by atoms with Crippen molar-refractivity contribution in [3.63, 3.8) is 0 Å². The Bertz CT molecular complexity index is 4420. The van der Waals surface area contributed by atoms with Gasteiger partial charge in [0.05, 0.1) is 176 Å². The molecule has 1 amide bonds. The number of amides is 1. The van der Waals surface area contributed by atoms with Gasteiger partial charge in [0.2, 0.25) is 0 Å². The molecule has 0 bridgehead atoms. The van der Waals surface area contributed by atoms with Crippen molar-refractivity contribution in [2.75, 3.05) is 52.6 Å². The number of hydrogen-bond donors (Lipinski definition) is 1. The molecule has 490 valence electrons. The Hall–Kier alpha value is -9.73. The van der Waals surface area contributed by atoms with Gasteiger partial charge >= 0.3 is 6.09 Å². The molecule has 12 aromatic rings. The lowest BCUT2D eigenvalue weighted by molar-refractivity contribution is 0.0360. The van der Waals surface area contributed by atoms with Gasteiger partial charge in [-0.25, -0.2) is 33.3 Å². The number of cyclic esters (lactones) is 1. The summed E-state index contributed by atoms with van der Waals surface area (Å²) in [6, 6.07) is 7.11. The largest absolute Gasteiger partial charge is 0.442 e. The fraction of sp³-hybridized carbons (Fsp3) is 0.448. The summed E-state index contributed by atoms with van der Waals surface area (Å²) in [6.07, 6.45) is 42.6. The first kappa shape index (κ1) is 63.0. The summed E-state index contributed by atoms with van der Waals surface area (Å²) < 4.78 is 33.6. The molecule has 27 nitrogen and oxygen atoms in total. The van der Waals surface area contributed by atoms with E-state index < -0.39 is 0 Å². The van der Waals surface area contributed by atoms with Crippen LogP contribution >= 0.6 is 0 Å². The highest BCUT2D eigenvalue weighted by Crippen LogP contribution is 2.32. The molecule has 94 heavy (non-hydrogen) atoms. The van der Waals surface area contributed by atoms with Gasteiger partial charge in [0.15, 0.2) is 0 Å². The van der Waals surface area contributed by atoms with E-state index in [1.165, 1.54) is 0 Å². The summed E-state index contributed by atoms with van der Waals surface area (Å²) in [6.45, 7) is 22.1. The van der Waals surface area contributed by atoms with Crippen molar-refractivity contribution in [2.24, 2.45) is 5.92 Å². The van der Waals surface area contributed by atoms with Crippen molar-refractivity contribution in [3.05, 3.63) is 130 Å². The van der Waals surface area contributed by atoms with Gasteiger partial charge in [-0.2, -0.15) is 45.9 Å². The van der Waals surface area contributed by atoms with Crippen LogP contribution in [0.2, 0.25) is 0 Å². The van der Waals surface area contributed by atoms with Gasteiger partial charge in [-0.15, -0.1) is 0 Å². The van der Waals surface area contributed by atoms with Crippen molar-refractivity contribution in [1.82, 2.24) is 113 Å². The van der Waals surface area contributed by atoms with E-state index in [2.05, 4.69) is 138 Å². The second kappa shape index (κ2) is 29.1. The molecule has 12 aromatic heterocycles. The van der Waals surface area contributed by atoms with Crippen molar-refractivity contribution >= 4 is 22.6 Å². The van der Waals surface area contributed by atoms with Crippen molar-refractivity contribution < 1.29 is 19.0 Å². The molecular formula is C67H83N23O4. The second-order valence-electron chi connectivity index (χ2n) is 24.3. The Labute approximate surface area is 544 Å². The Morgan fingerprint density at radius 2 is 0.840 bits per heavy atom. The first-order valence-corrected chi connectivity index (χ1v) is 33.2. The van der Waals surface area contributed by atoms with Crippen molar-refractivity contribution in [2.45, 2.75) is 137 Å². The van der Waals surface area contributed by atoms with E-state index in [1.807, 2.05) is 108 Å². The van der Waals surface area contributed by atoms with Gasteiger partial charge < -0.3 is 19.5 Å². The van der Waals surface area contributed by atoms with Gasteiger partial charge in [-0.05, 0) is 75.5 Å². The fourth-order valence-corrected chi connectivity index (χ4v) is 12.6. The molecule has 1 N–H and O–H groups in total. The van der Waals surface area contributed by atoms with Crippen LogP contribution in [0.4, 0.5) is 4.79 Å². The molecule has 3 aliphatic rings. The first-order chi connectivity index (χ1) is 46.1. The summed E-state index contributed by atoms with van der Waals surface area (Å²) in [5, 5.41) is 43.4. The lowest BCUT2D eigenvalue weighted by atomic mass is 10.0. The maximum Gasteiger partial charge on any atom is 0.407 e. The predicted molar refractivity (Wildman–Crippen MR) is 354 cm³/mol. The van der Waals surface area contributed by atoms with Gasteiger partial charge in [0.25, 0.3) is 0 Å². The monoisotopic (exact) mass is 1270 g/mol. The quantitative estimate of drug-likeness (QED) is 0.0661. The van der Waals surface area contributed by atoms with Crippen molar-refractivity contribution in [1.29, 1.82) is 0 Å². The van der Waals surface area contributed by atoms with Crippen LogP contribution in [0.1, 0.15) is 111 Å². The van der Waals surface area contributed by atoms with Crippen LogP contribution in [0, 0.1) is 5.92 Å². The van der Waals surface area contributed by atoms with E-state index in [1.54, 1.807) is 23.3 Å². The molecule has 0 spiro atoms. The summed E-state index contributed by atoms with van der Waals surface area (Å²) in [4.78, 5) is 28.6. The maximum absolute atomic E-state index is 11.2. The molecule has 0 aromatic carbocycles. The third-order valence-corrected chi connectivity index (χ3v) is 18.2. The minimum Gasteiger partial charge on any atom is -0.442 e. The Morgan fingerprint density at radius 3 is 1.26 bits per heavy atom. The van der Waals surface area contributed by atoms with Crippen LogP contribution < -0.4 is 5.32 Å². The molecule has 3 saturated heterocycles. The van der Waals surface area contributed by atoms with Gasteiger partial charge in [-0.1, -0.05) is 41.5 Å². The number of alkyl carbamates (subject to hydrolysis) is 1. The Kier molecular flexibility index (Phi) is 19.5. The zero-order chi connectivity index (χ0) is 64.5. The number of aromatic nitrogens is 21. The highest BCUT2D eigenvalue weighted by molar-refractivity contribution is 5.80. The predicted octanol–water partition coefficient (Wildman–Crippen LogP) is 10.3. The summed E-state index contributed by atoms with van der Waals surface area (Å²) in [7, 11) is 0. The SMILES string of the molecule is CCC(CC)n1cc(-c2nc(-c3cnn(CC4CCOCC4)c3)cn3nccc23)cn1.CCC(CC)n1cc(-c2nc(-c3cnn(CC4CNC(=O)O4)c3)cn3nccc23)cn1.CCC(CC)n1cc(-c2nc(-c3cnn(CCN4CCOCC4)c3)cn3nccc23)cn1. The van der Waals surface area contributed by atoms with Crippen LogP contribution in [-0.2, 0) is 33.8 Å². The third-order valence-electron chi connectivity index (χ3n) is 18.2. The normalized spacial score (nSPS) is 15.6. The summed E-state index contributed by atoms with van der Waals surface area (Å²) in [5.74, 6) is 0.620. The average Bonchev–Trinajstić information content (AvgIpc) is 1.67. The van der Waals surface area contributed by atoms with Gasteiger partial charge in [0, 0.05) is 110 Å². The molecule has 0 saturated carbocycles. The number of carbonyl (C=O) groups excluding carboxylic acids is 1. The molecule has 15 rings (SSSR count). The number of nitrogens with one attached hydrogen (secondary N) is 1. The molecule has 15 heterocycles. The topological polar surface area (TPSA) is 258 Å². The van der Waals surface area contributed by atoms with E-state index in [9.17, 15) is 4.79 Å². The lowest BCUT2D eigenvalue weighted by Gasteiger charge is -2.26. The molecule has 27 heteroatoms. The minimum absolute atomic E-state index is 0.228. The van der Waals surface area contributed by atoms with E-state index in [4.69, 9.17) is 29.2 Å². The molecule has 1 unspecified atom stereocenters. The Morgan fingerprint density at radius 1 is 0.447 bits per heavy atom. The van der Waals surface area contributed by atoms with Crippen LogP contribution in [0.3, 0.4) is 0 Å². The van der Waals surface area contributed by atoms with Crippen molar-refractivity contribution in [3.8, 4) is 67.5 Å². The van der Waals surface area contributed by atoms with E-state index in [0.717, 1.165) is 195 Å². The number of rotatable bonds is 22. The van der Waals surface area contributed by atoms with Gasteiger partial charge in [-0.3, -0.25) is 33.0 Å². The van der Waals surface area contributed by atoms with Crippen LogP contribution in [0.25, 0.3) is 84.1 Å². The molecule has 3 fully saturated rings. The minimum atomic E-state index is -0.387. The highest BCUT2D eigenvalue weighted by Gasteiger charge is 2.25. The molecular weight excluding hydrogens is 1190 g/mol. The zero-order valence-electron chi connectivity index (χ0n) is 54.4. The molecule has 1 atom stereocenters. The average molecular weight is 1270 g/mol. The number of morpholine rings is 1. The number of hydrogen-bond acceptors (Lipinski definition) is 17. The van der Waals surface area contributed by atoms with Crippen LogP contribution in [0.15, 0.2) is 130 Å². The molecule has 3 aliphatic heterocycles. The first-order valence-electron chi connectivity index (χ1n) is 33.2. The number of carbonyl (C=O) groups is 1. The second-order valence-corrected chi connectivity index (χ2v) is 24.3. The molecule has 0 radical (unpaired) electrons. The fourth-order valence-electron chi connectivity index (χ4n) is 12.6. The molecule has 0 aliphatic carbocycles. The van der Waals surface area contributed by atoms with E-state index in [0.29, 0.717) is 37.1 Å². The number of ether oxygens (including phenoxy) is 3. The van der Waals surface area contributed by atoms with Gasteiger partial charge in [0.1, 0.15) is 6.10 Å². The lowest BCUT2D eigenvalue weighted by Crippen LogP contribution is -2.38. The van der Waals surface area contributed by atoms with Crippen LogP contribution in [-0.4, -0.2) is 172 Å². The summed E-state index contributed by atoms with van der Waals surface area (Å²) >= 11 is 0. The third kappa shape index (κ3) is 14.1. The Balaban J connectivity index is 0.000000128. The van der Waals surface area contributed by atoms with E-state index >= 15 is 0 Å². The number of fused-ring (bicyclic) bond motifs is 3. The maximum atomic E-state index is 11.2. The van der Waals surface area contributed by atoms with E-state index in [-0.39, 0.29) is 12.2 Å². The summed E-state index contributed by atoms with van der Waals surface area (Å²) in [5.41, 5.74) is 13.8.